The first kappa shape index (κ1) is 21.0. The van der Waals surface area contributed by atoms with E-state index in [1.807, 2.05) is 6.92 Å². The van der Waals surface area contributed by atoms with E-state index in [0.717, 1.165) is 24.6 Å². The van der Waals surface area contributed by atoms with Crippen molar-refractivity contribution in [2.45, 2.75) is 45.6 Å². The molecule has 0 aliphatic rings. The number of nitro benzene ring substituents is 2. The van der Waals surface area contributed by atoms with Crippen LogP contribution in [0.25, 0.3) is 0 Å². The fraction of sp³-hybridized carbons (Fsp3) is 0.500. The normalized spacial score (nSPS) is 12.8. The van der Waals surface area contributed by atoms with Crippen LogP contribution in [-0.2, 0) is 9.53 Å². The van der Waals surface area contributed by atoms with Gasteiger partial charge in [0.1, 0.15) is 6.10 Å². The lowest BCUT2D eigenvalue weighted by Crippen LogP contribution is -2.27. The molecule has 0 heterocycles. The van der Waals surface area contributed by atoms with E-state index in [0.29, 0.717) is 12.8 Å². The number of nitro groups is 2. The van der Waals surface area contributed by atoms with E-state index in [1.54, 1.807) is 6.92 Å². The van der Waals surface area contributed by atoms with Crippen LogP contribution in [0.5, 0.6) is 0 Å². The van der Waals surface area contributed by atoms with E-state index in [4.69, 9.17) is 9.84 Å². The smallest absolute Gasteiger partial charge is 0.338 e. The molecule has 1 N–H and O–H groups in total. The Morgan fingerprint density at radius 2 is 1.69 bits per heavy atom. The summed E-state index contributed by atoms with van der Waals surface area (Å²) < 4.78 is 5.32. The Kier molecular flexibility index (Phi) is 7.63. The number of carbonyl (C=O) groups excluding carboxylic acids is 1. The molecule has 26 heavy (non-hydrogen) atoms. The maximum Gasteiger partial charge on any atom is 0.338 e. The fourth-order valence-electron chi connectivity index (χ4n) is 2.40. The summed E-state index contributed by atoms with van der Waals surface area (Å²) in [6.45, 7) is 3.54. The molecule has 0 saturated carbocycles. The summed E-state index contributed by atoms with van der Waals surface area (Å²) in [6, 6.07) is 2.54. The summed E-state index contributed by atoms with van der Waals surface area (Å²) in [5, 5.41) is 30.7. The molecule has 1 aromatic rings. The molecule has 10 nitrogen and oxygen atoms in total. The second kappa shape index (κ2) is 9.44. The van der Waals surface area contributed by atoms with Crippen molar-refractivity contribution in [3.05, 3.63) is 44.0 Å². The van der Waals surface area contributed by atoms with Crippen molar-refractivity contribution in [1.29, 1.82) is 0 Å². The lowest BCUT2D eigenvalue weighted by Gasteiger charge is -2.23. The van der Waals surface area contributed by atoms with Crippen molar-refractivity contribution in [3.8, 4) is 0 Å². The first-order valence-corrected chi connectivity index (χ1v) is 8.02. The highest BCUT2D eigenvalue weighted by molar-refractivity contribution is 5.91. The molecule has 1 rings (SSSR count). The highest BCUT2D eigenvalue weighted by Gasteiger charge is 2.26. The number of hydrogen-bond donors (Lipinski definition) is 1. The number of ether oxygens (including phenoxy) is 1. The van der Waals surface area contributed by atoms with Gasteiger partial charge in [0.25, 0.3) is 11.4 Å². The number of hydrogen-bond acceptors (Lipinski definition) is 7. The number of unbranched alkanes of at least 4 members (excludes halogenated alkanes) is 1. The summed E-state index contributed by atoms with van der Waals surface area (Å²) in [7, 11) is 0. The number of esters is 1. The Labute approximate surface area is 149 Å². The highest BCUT2D eigenvalue weighted by atomic mass is 16.6. The average Bonchev–Trinajstić information content (AvgIpc) is 2.57. The van der Waals surface area contributed by atoms with Gasteiger partial charge < -0.3 is 9.84 Å². The van der Waals surface area contributed by atoms with E-state index in [2.05, 4.69) is 0 Å². The van der Waals surface area contributed by atoms with Crippen LogP contribution in [0.3, 0.4) is 0 Å². The van der Waals surface area contributed by atoms with Crippen LogP contribution in [0.4, 0.5) is 11.4 Å². The Balaban J connectivity index is 3.09. The van der Waals surface area contributed by atoms with E-state index in [1.165, 1.54) is 0 Å². The number of nitrogens with zero attached hydrogens (tertiary/aromatic N) is 2. The molecule has 0 spiro atoms. The molecule has 10 heteroatoms. The summed E-state index contributed by atoms with van der Waals surface area (Å²) in [4.78, 5) is 43.4. The molecular weight excluding hydrogens is 348 g/mol. The molecular formula is C16H20N2O8. The molecule has 2 atom stereocenters. The molecule has 0 bridgehead atoms. The number of non-ortho nitro benzene ring substituents is 2. The maximum absolute atomic E-state index is 12.3. The predicted octanol–water partition coefficient (Wildman–Crippen LogP) is 3.33. The number of carboxylic acid groups (broad SMARTS) is 1. The minimum atomic E-state index is -1.04. The van der Waals surface area contributed by atoms with Crippen LogP contribution < -0.4 is 0 Å². The number of carboxylic acids is 1. The van der Waals surface area contributed by atoms with Crippen molar-refractivity contribution in [2.24, 2.45) is 5.92 Å². The van der Waals surface area contributed by atoms with Crippen LogP contribution >= 0.6 is 0 Å². The van der Waals surface area contributed by atoms with Crippen LogP contribution in [0, 0.1) is 26.1 Å². The lowest BCUT2D eigenvalue weighted by atomic mass is 9.96. The number of rotatable bonds is 10. The molecule has 142 valence electrons. The molecule has 0 aromatic heterocycles. The van der Waals surface area contributed by atoms with Gasteiger partial charge in [0.15, 0.2) is 0 Å². The highest BCUT2D eigenvalue weighted by Crippen LogP contribution is 2.25. The molecule has 0 aliphatic carbocycles. The zero-order valence-electron chi connectivity index (χ0n) is 14.4. The standard InChI is InChI=1S/C16H20N2O8/c1-3-4-5-14(10(2)6-15(19)20)26-16(21)11-7-12(17(22)23)9-13(8-11)18(24)25/h7-10,14H,3-6H2,1-2H3,(H,19,20)/t10-,14-/m0/s1. The van der Waals surface area contributed by atoms with Crippen molar-refractivity contribution in [3.63, 3.8) is 0 Å². The minimum Gasteiger partial charge on any atom is -0.481 e. The largest absolute Gasteiger partial charge is 0.481 e. The van der Waals surface area contributed by atoms with Crippen LogP contribution in [-0.4, -0.2) is 33.0 Å². The van der Waals surface area contributed by atoms with Crippen LogP contribution in [0.15, 0.2) is 18.2 Å². The SMILES string of the molecule is CCCC[C@H](OC(=O)c1cc([N+](=O)[O-])cc([N+](=O)[O-])c1)[C@@H](C)CC(=O)O. The first-order chi connectivity index (χ1) is 12.1. The summed E-state index contributed by atoms with van der Waals surface area (Å²) in [5.74, 6) is -2.48. The van der Waals surface area contributed by atoms with Gasteiger partial charge in [0.2, 0.25) is 0 Å². The van der Waals surface area contributed by atoms with Gasteiger partial charge in [-0.15, -0.1) is 0 Å². The van der Waals surface area contributed by atoms with Gasteiger partial charge in [-0.1, -0.05) is 26.7 Å². The Bertz CT molecular complexity index is 671. The predicted molar refractivity (Wildman–Crippen MR) is 89.9 cm³/mol. The monoisotopic (exact) mass is 368 g/mol. The van der Waals surface area contributed by atoms with Gasteiger partial charge in [0.05, 0.1) is 27.9 Å². The number of aliphatic carboxylic acids is 1. The lowest BCUT2D eigenvalue weighted by molar-refractivity contribution is -0.394. The van der Waals surface area contributed by atoms with Gasteiger partial charge in [-0.2, -0.15) is 0 Å². The Hall–Kier alpha value is -3.04. The van der Waals surface area contributed by atoms with E-state index in [-0.39, 0.29) is 12.0 Å². The number of benzene rings is 1. The Morgan fingerprint density at radius 3 is 2.12 bits per heavy atom. The molecule has 0 unspecified atom stereocenters. The first-order valence-electron chi connectivity index (χ1n) is 8.02. The maximum atomic E-state index is 12.3. The third-order valence-electron chi connectivity index (χ3n) is 3.79. The zero-order chi connectivity index (χ0) is 19.9. The van der Waals surface area contributed by atoms with E-state index in [9.17, 15) is 29.8 Å². The van der Waals surface area contributed by atoms with Crippen LogP contribution in [0.1, 0.15) is 49.9 Å². The van der Waals surface area contributed by atoms with Crippen molar-refractivity contribution in [2.75, 3.05) is 0 Å². The van der Waals surface area contributed by atoms with Crippen molar-refractivity contribution in [1.82, 2.24) is 0 Å². The summed E-state index contributed by atoms with van der Waals surface area (Å²) >= 11 is 0. The van der Waals surface area contributed by atoms with Gasteiger partial charge in [-0.05, 0) is 6.42 Å². The second-order valence-electron chi connectivity index (χ2n) is 5.91. The third-order valence-corrected chi connectivity index (χ3v) is 3.79. The summed E-state index contributed by atoms with van der Waals surface area (Å²) in [5.41, 5.74) is -1.53. The average molecular weight is 368 g/mol. The summed E-state index contributed by atoms with van der Waals surface area (Å²) in [6.07, 6.45) is 0.995. The molecule has 1 aromatic carbocycles. The third kappa shape index (κ3) is 6.11. The van der Waals surface area contributed by atoms with Gasteiger partial charge in [-0.25, -0.2) is 4.79 Å². The van der Waals surface area contributed by atoms with Gasteiger partial charge >= 0.3 is 11.9 Å². The second-order valence-corrected chi connectivity index (χ2v) is 5.91. The fourth-order valence-corrected chi connectivity index (χ4v) is 2.40. The minimum absolute atomic E-state index is 0.212. The van der Waals surface area contributed by atoms with Crippen molar-refractivity contribution < 1.29 is 29.3 Å². The zero-order valence-corrected chi connectivity index (χ0v) is 14.4. The molecule has 0 radical (unpaired) electrons. The molecule has 0 saturated heterocycles. The molecule has 0 amide bonds. The van der Waals surface area contributed by atoms with E-state index < -0.39 is 45.2 Å². The molecule has 0 aliphatic heterocycles. The Morgan fingerprint density at radius 1 is 1.15 bits per heavy atom. The topological polar surface area (TPSA) is 150 Å². The van der Waals surface area contributed by atoms with Gasteiger partial charge in [-0.3, -0.25) is 25.0 Å². The number of carbonyl (C=O) groups is 2. The van der Waals surface area contributed by atoms with E-state index >= 15 is 0 Å². The molecule has 0 fully saturated rings. The quantitative estimate of drug-likeness (QED) is 0.375. The van der Waals surface area contributed by atoms with Crippen molar-refractivity contribution >= 4 is 23.3 Å². The van der Waals surface area contributed by atoms with Gasteiger partial charge in [0, 0.05) is 18.1 Å². The van der Waals surface area contributed by atoms with Crippen LogP contribution in [0.2, 0.25) is 0 Å².